The lowest BCUT2D eigenvalue weighted by atomic mass is 10.1. The maximum atomic E-state index is 5.82. The minimum Gasteiger partial charge on any atom is -0.489 e. The van der Waals surface area contributed by atoms with Gasteiger partial charge in [-0.25, -0.2) is 0 Å². The Morgan fingerprint density at radius 1 is 1.20 bits per heavy atom. The monoisotopic (exact) mass is 337 g/mol. The van der Waals surface area contributed by atoms with E-state index in [-0.39, 0.29) is 0 Å². The van der Waals surface area contributed by atoms with Crippen molar-refractivity contribution in [2.45, 2.75) is 6.54 Å². The molecule has 128 valence electrons. The Balaban J connectivity index is 1.43. The topological polar surface area (TPSA) is 59.6 Å². The van der Waals surface area contributed by atoms with Crippen LogP contribution in [0.3, 0.4) is 0 Å². The zero-order valence-corrected chi connectivity index (χ0v) is 14.1. The van der Waals surface area contributed by atoms with Crippen molar-refractivity contribution in [2.24, 2.45) is 7.05 Å². The van der Waals surface area contributed by atoms with Gasteiger partial charge < -0.3 is 19.1 Å². The molecule has 2 aliphatic heterocycles. The Labute approximate surface area is 145 Å². The van der Waals surface area contributed by atoms with Crippen LogP contribution in [0.25, 0.3) is 11.3 Å². The molecule has 25 heavy (non-hydrogen) atoms. The quantitative estimate of drug-likeness (QED) is 0.731. The van der Waals surface area contributed by atoms with E-state index >= 15 is 0 Å². The van der Waals surface area contributed by atoms with Gasteiger partial charge in [-0.1, -0.05) is 11.2 Å². The van der Waals surface area contributed by atoms with E-state index < -0.39 is 0 Å². The second kappa shape index (κ2) is 5.54. The van der Waals surface area contributed by atoms with Crippen LogP contribution in [0.5, 0.6) is 5.75 Å². The van der Waals surface area contributed by atoms with Gasteiger partial charge in [0.2, 0.25) is 0 Å². The number of ether oxygens (including phenoxy) is 1. The van der Waals surface area contributed by atoms with E-state index in [1.54, 1.807) is 10.9 Å². The number of aromatic nitrogens is 3. The minimum atomic E-state index is 0.692. The number of anilines is 2. The summed E-state index contributed by atoms with van der Waals surface area (Å²) in [7, 11) is 1.89. The van der Waals surface area contributed by atoms with Crippen molar-refractivity contribution in [3.63, 3.8) is 0 Å². The number of rotatable bonds is 3. The van der Waals surface area contributed by atoms with Crippen molar-refractivity contribution in [2.75, 3.05) is 36.0 Å². The lowest BCUT2D eigenvalue weighted by Gasteiger charge is -2.41. The fraction of sp³-hybridized carbons (Fsp3) is 0.333. The predicted octanol–water partition coefficient (Wildman–Crippen LogP) is 2.29. The summed E-state index contributed by atoms with van der Waals surface area (Å²) in [6.07, 6.45) is 3.73. The van der Waals surface area contributed by atoms with Crippen molar-refractivity contribution in [1.82, 2.24) is 14.9 Å². The SMILES string of the molecule is Cn1cc(-c2cc(CN3CCN4CCOc5cccc3c54)on2)cn1. The number of nitrogens with zero attached hydrogens (tertiary/aromatic N) is 5. The average Bonchev–Trinajstić information content (AvgIpc) is 3.27. The van der Waals surface area contributed by atoms with Gasteiger partial charge >= 0.3 is 0 Å². The highest BCUT2D eigenvalue weighted by molar-refractivity contribution is 5.80. The zero-order chi connectivity index (χ0) is 16.8. The van der Waals surface area contributed by atoms with Crippen LogP contribution in [0.4, 0.5) is 11.4 Å². The van der Waals surface area contributed by atoms with E-state index in [0.717, 1.165) is 49.0 Å². The van der Waals surface area contributed by atoms with Crippen molar-refractivity contribution in [3.05, 3.63) is 42.4 Å². The van der Waals surface area contributed by atoms with Crippen LogP contribution in [0.15, 0.2) is 41.2 Å². The molecule has 0 bridgehead atoms. The molecule has 1 aromatic carbocycles. The molecule has 0 radical (unpaired) electrons. The Bertz CT molecular complexity index is 916. The van der Waals surface area contributed by atoms with Gasteiger partial charge in [-0.05, 0) is 12.1 Å². The summed E-state index contributed by atoms with van der Waals surface area (Å²) < 4.78 is 13.2. The first-order valence-electron chi connectivity index (χ1n) is 8.48. The highest BCUT2D eigenvalue weighted by Gasteiger charge is 2.29. The van der Waals surface area contributed by atoms with Crippen molar-refractivity contribution >= 4 is 11.4 Å². The first-order valence-corrected chi connectivity index (χ1v) is 8.48. The molecule has 2 aromatic heterocycles. The molecule has 5 rings (SSSR count). The molecule has 0 unspecified atom stereocenters. The molecule has 2 aliphatic rings. The third kappa shape index (κ3) is 2.43. The number of hydrogen-bond acceptors (Lipinski definition) is 6. The molecule has 4 heterocycles. The molecule has 0 N–H and O–H groups in total. The molecule has 0 saturated heterocycles. The highest BCUT2D eigenvalue weighted by atomic mass is 16.5. The molecule has 3 aromatic rings. The van der Waals surface area contributed by atoms with E-state index in [9.17, 15) is 0 Å². The molecule has 0 fully saturated rings. The molecule has 0 aliphatic carbocycles. The van der Waals surface area contributed by atoms with Gasteiger partial charge in [0.1, 0.15) is 23.7 Å². The van der Waals surface area contributed by atoms with E-state index in [2.05, 4.69) is 32.2 Å². The van der Waals surface area contributed by atoms with Crippen molar-refractivity contribution in [3.8, 4) is 17.0 Å². The third-order valence-electron chi connectivity index (χ3n) is 4.80. The standard InChI is InChI=1S/C18H19N5O2/c1-21-11-13(10-19-21)15-9-14(25-20-15)12-23-6-5-22-7-8-24-17-4-2-3-16(23)18(17)22/h2-4,9-11H,5-8,12H2,1H3. The summed E-state index contributed by atoms with van der Waals surface area (Å²) in [5.41, 5.74) is 4.18. The van der Waals surface area contributed by atoms with Gasteiger partial charge in [0.25, 0.3) is 0 Å². The van der Waals surface area contributed by atoms with Crippen molar-refractivity contribution < 1.29 is 9.26 Å². The number of hydrogen-bond donors (Lipinski definition) is 0. The minimum absolute atomic E-state index is 0.692. The van der Waals surface area contributed by atoms with E-state index in [1.165, 1.54) is 11.4 Å². The number of benzene rings is 1. The fourth-order valence-corrected chi connectivity index (χ4v) is 3.59. The Hall–Kier alpha value is -2.96. The molecule has 0 amide bonds. The molecular weight excluding hydrogens is 318 g/mol. The van der Waals surface area contributed by atoms with Crippen LogP contribution in [0, 0.1) is 0 Å². The van der Waals surface area contributed by atoms with Gasteiger partial charge in [-0.2, -0.15) is 5.10 Å². The Morgan fingerprint density at radius 2 is 2.16 bits per heavy atom. The van der Waals surface area contributed by atoms with Gasteiger partial charge in [-0.15, -0.1) is 0 Å². The van der Waals surface area contributed by atoms with Gasteiger partial charge in [0, 0.05) is 38.0 Å². The lowest BCUT2D eigenvalue weighted by molar-refractivity contribution is 0.305. The van der Waals surface area contributed by atoms with Gasteiger partial charge in [-0.3, -0.25) is 4.68 Å². The smallest absolute Gasteiger partial charge is 0.156 e. The summed E-state index contributed by atoms with van der Waals surface area (Å²) in [5, 5.41) is 8.38. The Kier molecular flexibility index (Phi) is 3.19. The maximum absolute atomic E-state index is 5.82. The normalized spacial score (nSPS) is 15.9. The van der Waals surface area contributed by atoms with Crippen LogP contribution in [0.1, 0.15) is 5.76 Å². The summed E-state index contributed by atoms with van der Waals surface area (Å²) in [6.45, 7) is 4.35. The second-order valence-electron chi connectivity index (χ2n) is 6.46. The lowest BCUT2D eigenvalue weighted by Crippen LogP contribution is -2.44. The van der Waals surface area contributed by atoms with E-state index in [0.29, 0.717) is 6.54 Å². The molecule has 7 heteroatoms. The fourth-order valence-electron chi connectivity index (χ4n) is 3.59. The van der Waals surface area contributed by atoms with Crippen LogP contribution >= 0.6 is 0 Å². The average molecular weight is 337 g/mol. The summed E-state index contributed by atoms with van der Waals surface area (Å²) in [4.78, 5) is 4.74. The van der Waals surface area contributed by atoms with Crippen LogP contribution in [-0.2, 0) is 13.6 Å². The molecule has 0 atom stereocenters. The molecule has 0 spiro atoms. The largest absolute Gasteiger partial charge is 0.489 e. The second-order valence-corrected chi connectivity index (χ2v) is 6.46. The number of aryl methyl sites for hydroxylation is 1. The maximum Gasteiger partial charge on any atom is 0.156 e. The van der Waals surface area contributed by atoms with Gasteiger partial charge in [0.15, 0.2) is 5.76 Å². The first kappa shape index (κ1) is 14.4. The zero-order valence-electron chi connectivity index (χ0n) is 14.1. The number of para-hydroxylation sites is 1. The third-order valence-corrected chi connectivity index (χ3v) is 4.80. The van der Waals surface area contributed by atoms with Gasteiger partial charge in [0.05, 0.1) is 25.0 Å². The predicted molar refractivity (Wildman–Crippen MR) is 93.9 cm³/mol. The summed E-state index contributed by atoms with van der Waals surface area (Å²) >= 11 is 0. The van der Waals surface area contributed by atoms with Crippen LogP contribution in [-0.4, -0.2) is 41.2 Å². The first-order chi connectivity index (χ1) is 12.3. The molecule has 7 nitrogen and oxygen atoms in total. The molecule has 0 saturated carbocycles. The van der Waals surface area contributed by atoms with Crippen LogP contribution in [0.2, 0.25) is 0 Å². The summed E-state index contributed by atoms with van der Waals surface area (Å²) in [6, 6.07) is 8.24. The highest BCUT2D eigenvalue weighted by Crippen LogP contribution is 2.43. The summed E-state index contributed by atoms with van der Waals surface area (Å²) in [5.74, 6) is 1.82. The van der Waals surface area contributed by atoms with Crippen LogP contribution < -0.4 is 14.5 Å². The Morgan fingerprint density at radius 3 is 3.04 bits per heavy atom. The molecular formula is C18H19N5O2. The van der Waals surface area contributed by atoms with Crippen molar-refractivity contribution in [1.29, 1.82) is 0 Å². The van der Waals surface area contributed by atoms with E-state index in [4.69, 9.17) is 9.26 Å². The van der Waals surface area contributed by atoms with E-state index in [1.807, 2.05) is 25.4 Å².